The first-order chi connectivity index (χ1) is 14.0. The minimum Gasteiger partial charge on any atom is -0.442 e. The molecule has 0 radical (unpaired) electrons. The molecule has 1 saturated heterocycles. The van der Waals surface area contributed by atoms with E-state index >= 15 is 0 Å². The van der Waals surface area contributed by atoms with Gasteiger partial charge in [-0.1, -0.05) is 17.7 Å². The van der Waals surface area contributed by atoms with Gasteiger partial charge in [-0.25, -0.2) is 4.99 Å². The minimum atomic E-state index is -0.0124. The van der Waals surface area contributed by atoms with Gasteiger partial charge in [0.25, 0.3) is 5.91 Å². The van der Waals surface area contributed by atoms with Crippen LogP contribution in [0.4, 0.5) is 11.6 Å². The average molecular weight is 412 g/mol. The maximum atomic E-state index is 13.4. The molecule has 0 spiro atoms. The monoisotopic (exact) mass is 411 g/mol. The van der Waals surface area contributed by atoms with Crippen LogP contribution in [0.2, 0.25) is 5.02 Å². The van der Waals surface area contributed by atoms with Gasteiger partial charge >= 0.3 is 0 Å². The molecule has 150 valence electrons. The molecule has 1 fully saturated rings. The van der Waals surface area contributed by atoms with Crippen LogP contribution in [0.1, 0.15) is 27.2 Å². The smallest absolute Gasteiger partial charge is 0.258 e. The molecule has 8 heteroatoms. The molecule has 5 rings (SSSR count). The number of furan rings is 1. The topological polar surface area (TPSA) is 64.7 Å². The van der Waals surface area contributed by atoms with E-state index in [2.05, 4.69) is 21.8 Å². The minimum absolute atomic E-state index is 0.0124. The highest BCUT2D eigenvalue weighted by Crippen LogP contribution is 2.35. The van der Waals surface area contributed by atoms with E-state index in [9.17, 15) is 4.79 Å². The fourth-order valence-corrected chi connectivity index (χ4v) is 4.40. The number of piperazine rings is 1. The lowest BCUT2D eigenvalue weighted by Crippen LogP contribution is -2.49. The van der Waals surface area contributed by atoms with Crippen LogP contribution in [-0.4, -0.2) is 67.1 Å². The van der Waals surface area contributed by atoms with E-state index in [0.717, 1.165) is 41.7 Å². The van der Waals surface area contributed by atoms with Crippen molar-refractivity contribution in [3.05, 3.63) is 45.7 Å². The molecule has 1 aromatic carbocycles. The number of benzene rings is 1. The zero-order chi connectivity index (χ0) is 20.1. The van der Waals surface area contributed by atoms with E-state index < -0.39 is 0 Å². The Hall–Kier alpha value is -2.80. The van der Waals surface area contributed by atoms with Crippen molar-refractivity contribution in [2.45, 2.75) is 13.8 Å². The molecule has 0 N–H and O–H groups in total. The number of carbonyl (C=O) groups is 1. The van der Waals surface area contributed by atoms with Crippen LogP contribution in [0.5, 0.6) is 0 Å². The van der Waals surface area contributed by atoms with Crippen molar-refractivity contribution in [1.29, 1.82) is 0 Å². The molecule has 7 nitrogen and oxygen atoms in total. The largest absolute Gasteiger partial charge is 0.442 e. The molecule has 1 aromatic heterocycles. The first-order valence-corrected chi connectivity index (χ1v) is 10.2. The third kappa shape index (κ3) is 3.00. The maximum absolute atomic E-state index is 13.4. The molecule has 29 heavy (non-hydrogen) atoms. The Bertz CT molecular complexity index is 1050. The van der Waals surface area contributed by atoms with Gasteiger partial charge in [-0.2, -0.15) is 0 Å². The van der Waals surface area contributed by atoms with Crippen molar-refractivity contribution >= 4 is 41.3 Å². The Labute approximate surface area is 174 Å². The van der Waals surface area contributed by atoms with E-state index in [-0.39, 0.29) is 5.91 Å². The van der Waals surface area contributed by atoms with Gasteiger partial charge in [0.15, 0.2) is 0 Å². The molecule has 2 aromatic rings. The summed E-state index contributed by atoms with van der Waals surface area (Å²) in [5.41, 5.74) is 3.65. The van der Waals surface area contributed by atoms with Crippen molar-refractivity contribution in [2.75, 3.05) is 44.2 Å². The molecule has 0 saturated carbocycles. The first kappa shape index (κ1) is 18.2. The van der Waals surface area contributed by atoms with Crippen LogP contribution in [0, 0.1) is 13.8 Å². The number of hydrogen-bond acceptors (Lipinski definition) is 6. The second-order valence-electron chi connectivity index (χ2n) is 7.57. The highest BCUT2D eigenvalue weighted by Gasteiger charge is 2.36. The van der Waals surface area contributed by atoms with E-state index in [4.69, 9.17) is 16.0 Å². The van der Waals surface area contributed by atoms with Gasteiger partial charge in [-0.3, -0.25) is 9.79 Å². The summed E-state index contributed by atoms with van der Waals surface area (Å²) in [7, 11) is 0. The average Bonchev–Trinajstić information content (AvgIpc) is 3.32. The first-order valence-electron chi connectivity index (χ1n) is 9.82. The van der Waals surface area contributed by atoms with Crippen molar-refractivity contribution < 1.29 is 9.21 Å². The number of halogens is 1. The summed E-state index contributed by atoms with van der Waals surface area (Å²) in [6.07, 6.45) is 1.73. The number of anilines is 1. The Morgan fingerprint density at radius 3 is 2.72 bits per heavy atom. The number of aryl methyl sites for hydroxylation is 2. The number of amidine groups is 1. The second kappa shape index (κ2) is 6.91. The van der Waals surface area contributed by atoms with Gasteiger partial charge < -0.3 is 19.1 Å². The van der Waals surface area contributed by atoms with Crippen molar-refractivity contribution in [1.82, 2.24) is 9.80 Å². The zero-order valence-corrected chi connectivity index (χ0v) is 17.2. The lowest BCUT2D eigenvalue weighted by atomic mass is 10.1. The summed E-state index contributed by atoms with van der Waals surface area (Å²) in [5, 5.41) is 0.729. The van der Waals surface area contributed by atoms with Crippen LogP contribution < -0.4 is 4.90 Å². The number of hydrogen-bond donors (Lipinski definition) is 0. The van der Waals surface area contributed by atoms with E-state index in [0.29, 0.717) is 36.8 Å². The molecule has 0 aliphatic carbocycles. The highest BCUT2D eigenvalue weighted by atomic mass is 35.5. The summed E-state index contributed by atoms with van der Waals surface area (Å²) >= 11 is 6.18. The number of rotatable bonds is 2. The van der Waals surface area contributed by atoms with Gasteiger partial charge in [0.05, 0.1) is 17.7 Å². The number of nitrogens with zero attached hydrogens (tertiary/aromatic N) is 5. The van der Waals surface area contributed by atoms with Crippen molar-refractivity contribution in [2.24, 2.45) is 9.98 Å². The van der Waals surface area contributed by atoms with Crippen LogP contribution in [0.3, 0.4) is 0 Å². The van der Waals surface area contributed by atoms with Gasteiger partial charge in [-0.05, 0) is 31.5 Å². The van der Waals surface area contributed by atoms with E-state index in [1.54, 1.807) is 6.34 Å². The molecule has 0 bridgehead atoms. The quantitative estimate of drug-likeness (QED) is 0.760. The van der Waals surface area contributed by atoms with Crippen molar-refractivity contribution in [3.8, 4) is 0 Å². The molecular weight excluding hydrogens is 390 g/mol. The Morgan fingerprint density at radius 2 is 1.93 bits per heavy atom. The van der Waals surface area contributed by atoms with Gasteiger partial charge in [0, 0.05) is 43.4 Å². The Kier molecular flexibility index (Phi) is 4.35. The summed E-state index contributed by atoms with van der Waals surface area (Å²) in [5.74, 6) is 1.86. The fourth-order valence-electron chi connectivity index (χ4n) is 4.24. The summed E-state index contributed by atoms with van der Waals surface area (Å²) in [6, 6.07) is 5.93. The second-order valence-corrected chi connectivity index (χ2v) is 8.00. The standard InChI is InChI=1S/C21H22ClN5O2/c1-13-3-4-15(22)11-16(13)25-7-9-26(10-8-25)21(28)17-14(2)29-20-18(17)19-23-5-6-27(19)12-24-20/h3-4,11-12H,5-10H2,1-2H3. The van der Waals surface area contributed by atoms with Gasteiger partial charge in [0.1, 0.15) is 17.9 Å². The van der Waals surface area contributed by atoms with Crippen molar-refractivity contribution in [3.63, 3.8) is 0 Å². The van der Waals surface area contributed by atoms with Crippen LogP contribution in [0.15, 0.2) is 32.6 Å². The summed E-state index contributed by atoms with van der Waals surface area (Å²) in [4.78, 5) is 28.5. The van der Waals surface area contributed by atoms with E-state index in [1.165, 1.54) is 5.56 Å². The maximum Gasteiger partial charge on any atom is 0.258 e. The Balaban J connectivity index is 1.38. The molecule has 3 aliphatic heterocycles. The molecule has 0 atom stereocenters. The van der Waals surface area contributed by atoms with Crippen LogP contribution in [0.25, 0.3) is 0 Å². The number of carbonyl (C=O) groups excluding carboxylic acids is 1. The predicted molar refractivity (Wildman–Crippen MR) is 114 cm³/mol. The van der Waals surface area contributed by atoms with Crippen LogP contribution in [-0.2, 0) is 0 Å². The third-order valence-electron chi connectivity index (χ3n) is 5.77. The molecular formula is C21H22ClN5O2. The summed E-state index contributed by atoms with van der Waals surface area (Å²) < 4.78 is 5.80. The summed E-state index contributed by atoms with van der Waals surface area (Å²) in [6.45, 7) is 8.21. The molecule has 1 amide bonds. The Morgan fingerprint density at radius 1 is 1.14 bits per heavy atom. The molecule has 4 heterocycles. The fraction of sp³-hybridized carbons (Fsp3) is 0.381. The van der Waals surface area contributed by atoms with Gasteiger partial charge in [0.2, 0.25) is 5.88 Å². The third-order valence-corrected chi connectivity index (χ3v) is 6.01. The number of fused-ring (bicyclic) bond motifs is 3. The van der Waals surface area contributed by atoms with E-state index in [1.807, 2.05) is 34.9 Å². The number of amides is 1. The highest BCUT2D eigenvalue weighted by molar-refractivity contribution is 6.30. The molecule has 3 aliphatic rings. The SMILES string of the molecule is Cc1ccc(Cl)cc1N1CCN(C(=O)c2c(C)oc3c2C2=NCCN2C=N3)CC1. The lowest BCUT2D eigenvalue weighted by molar-refractivity contribution is 0.0744. The van der Waals surface area contributed by atoms with Gasteiger partial charge in [-0.15, -0.1) is 0 Å². The lowest BCUT2D eigenvalue weighted by Gasteiger charge is -2.37. The number of aliphatic imine (C=N–C) groups is 2. The predicted octanol–water partition coefficient (Wildman–Crippen LogP) is 3.25. The zero-order valence-electron chi connectivity index (χ0n) is 16.5. The van der Waals surface area contributed by atoms with Crippen LogP contribution >= 0.6 is 11.6 Å². The molecule has 0 unspecified atom stereocenters. The normalized spacial score (nSPS) is 18.0.